The standard InChI is InChI=1S/C24H28N2O/c25-15-11-22-23-10-5-13-24(22,20-8-4-9-21(27)18-20)14-17-26(23)16-12-19-6-2-1-3-7-19/h1-4,6-9,18,22-23,27H,5,10-14,16-17H2/t22-,23-,24-/m0/s1. The summed E-state index contributed by atoms with van der Waals surface area (Å²) in [6.45, 7) is 2.14. The summed E-state index contributed by atoms with van der Waals surface area (Å²) in [5.41, 5.74) is 2.66. The van der Waals surface area contributed by atoms with E-state index in [0.717, 1.165) is 32.4 Å². The maximum Gasteiger partial charge on any atom is 0.115 e. The van der Waals surface area contributed by atoms with Gasteiger partial charge in [-0.25, -0.2) is 0 Å². The van der Waals surface area contributed by atoms with E-state index in [1.165, 1.54) is 24.0 Å². The van der Waals surface area contributed by atoms with Crippen LogP contribution in [0.4, 0.5) is 0 Å². The molecular formula is C24H28N2O. The van der Waals surface area contributed by atoms with Gasteiger partial charge in [-0.05, 0) is 61.4 Å². The lowest BCUT2D eigenvalue weighted by molar-refractivity contribution is -0.00931. The fourth-order valence-corrected chi connectivity index (χ4v) is 5.58. The summed E-state index contributed by atoms with van der Waals surface area (Å²) >= 11 is 0. The second-order valence-corrected chi connectivity index (χ2v) is 8.16. The van der Waals surface area contributed by atoms with Gasteiger partial charge in [0.15, 0.2) is 0 Å². The predicted octanol–water partition coefficient (Wildman–Crippen LogP) is 4.66. The smallest absolute Gasteiger partial charge is 0.115 e. The third-order valence-corrected chi connectivity index (χ3v) is 6.87. The summed E-state index contributed by atoms with van der Waals surface area (Å²) in [5.74, 6) is 0.689. The molecule has 0 amide bonds. The molecule has 1 aliphatic carbocycles. The van der Waals surface area contributed by atoms with Gasteiger partial charge in [-0.2, -0.15) is 5.26 Å². The van der Waals surface area contributed by atoms with Gasteiger partial charge in [-0.1, -0.05) is 48.9 Å². The third kappa shape index (κ3) is 3.47. The van der Waals surface area contributed by atoms with Crippen molar-refractivity contribution in [3.8, 4) is 11.8 Å². The average molecular weight is 361 g/mol. The van der Waals surface area contributed by atoms with E-state index in [0.29, 0.717) is 24.1 Å². The monoisotopic (exact) mass is 360 g/mol. The average Bonchev–Trinajstić information content (AvgIpc) is 2.69. The maximum absolute atomic E-state index is 10.0. The van der Waals surface area contributed by atoms with E-state index in [1.54, 1.807) is 6.07 Å². The van der Waals surface area contributed by atoms with Crippen LogP contribution >= 0.6 is 0 Å². The number of piperidine rings is 1. The van der Waals surface area contributed by atoms with Crippen LogP contribution in [0.25, 0.3) is 0 Å². The lowest BCUT2D eigenvalue weighted by Gasteiger charge is -2.56. The van der Waals surface area contributed by atoms with Crippen molar-refractivity contribution >= 4 is 0 Å². The summed E-state index contributed by atoms with van der Waals surface area (Å²) in [5, 5.41) is 19.6. The van der Waals surface area contributed by atoms with Crippen LogP contribution in [0.2, 0.25) is 0 Å². The maximum atomic E-state index is 10.0. The highest BCUT2D eigenvalue weighted by Crippen LogP contribution is 2.52. The minimum atomic E-state index is 0.0423. The van der Waals surface area contributed by atoms with Gasteiger partial charge in [0.25, 0.3) is 0 Å². The molecular weight excluding hydrogens is 332 g/mol. The van der Waals surface area contributed by atoms with Crippen molar-refractivity contribution in [1.82, 2.24) is 4.90 Å². The number of hydrogen-bond donors (Lipinski definition) is 1. The van der Waals surface area contributed by atoms with Crippen LogP contribution in [0, 0.1) is 17.2 Å². The minimum absolute atomic E-state index is 0.0423. The molecule has 2 aliphatic rings. The van der Waals surface area contributed by atoms with Crippen LogP contribution in [-0.2, 0) is 11.8 Å². The van der Waals surface area contributed by atoms with Gasteiger partial charge in [-0.15, -0.1) is 0 Å². The fraction of sp³-hybridized carbons (Fsp3) is 0.458. The van der Waals surface area contributed by atoms with Gasteiger partial charge in [0.05, 0.1) is 6.07 Å². The fourth-order valence-electron chi connectivity index (χ4n) is 5.58. The first kappa shape index (κ1) is 18.1. The predicted molar refractivity (Wildman–Crippen MR) is 107 cm³/mol. The molecule has 0 unspecified atom stereocenters. The molecule has 140 valence electrons. The van der Waals surface area contributed by atoms with Crippen LogP contribution in [-0.4, -0.2) is 29.1 Å². The second kappa shape index (κ2) is 7.74. The number of hydrogen-bond acceptors (Lipinski definition) is 3. The zero-order valence-electron chi connectivity index (χ0n) is 15.8. The molecule has 3 nitrogen and oxygen atoms in total. The number of phenolic OH excluding ortho intramolecular Hbond substituents is 1. The molecule has 2 aromatic carbocycles. The first-order valence-corrected chi connectivity index (χ1v) is 10.2. The van der Waals surface area contributed by atoms with E-state index in [2.05, 4.69) is 47.4 Å². The van der Waals surface area contributed by atoms with E-state index in [9.17, 15) is 10.4 Å². The van der Waals surface area contributed by atoms with Crippen molar-refractivity contribution in [2.45, 2.75) is 50.0 Å². The van der Waals surface area contributed by atoms with E-state index in [1.807, 2.05) is 12.1 Å². The van der Waals surface area contributed by atoms with Crippen LogP contribution < -0.4 is 0 Å². The molecule has 1 heterocycles. The number of nitriles is 1. The topological polar surface area (TPSA) is 47.3 Å². The van der Waals surface area contributed by atoms with Gasteiger partial charge in [0.1, 0.15) is 5.75 Å². The largest absolute Gasteiger partial charge is 0.508 e. The number of likely N-dealkylation sites (tertiary alicyclic amines) is 1. The zero-order chi connectivity index (χ0) is 18.7. The lowest BCUT2D eigenvalue weighted by atomic mass is 9.56. The minimum Gasteiger partial charge on any atom is -0.508 e. The molecule has 3 atom stereocenters. The van der Waals surface area contributed by atoms with Crippen molar-refractivity contribution in [2.24, 2.45) is 5.92 Å². The summed E-state index contributed by atoms with van der Waals surface area (Å²) in [6.07, 6.45) is 6.25. The first-order chi connectivity index (χ1) is 13.2. The van der Waals surface area contributed by atoms with Gasteiger partial charge < -0.3 is 5.11 Å². The van der Waals surface area contributed by atoms with Crippen LogP contribution in [0.15, 0.2) is 54.6 Å². The molecule has 2 fully saturated rings. The van der Waals surface area contributed by atoms with Crippen LogP contribution in [0.5, 0.6) is 5.75 Å². The van der Waals surface area contributed by atoms with Gasteiger partial charge in [0, 0.05) is 24.4 Å². The Labute approximate surface area is 162 Å². The van der Waals surface area contributed by atoms with Gasteiger partial charge in [0.2, 0.25) is 0 Å². The van der Waals surface area contributed by atoms with Crippen molar-refractivity contribution in [2.75, 3.05) is 13.1 Å². The first-order valence-electron chi connectivity index (χ1n) is 10.2. The molecule has 1 saturated carbocycles. The molecule has 3 heteroatoms. The Kier molecular flexibility index (Phi) is 5.18. The highest BCUT2D eigenvalue weighted by molar-refractivity contribution is 5.36. The molecule has 1 saturated heterocycles. The number of benzene rings is 2. The lowest BCUT2D eigenvalue weighted by Crippen LogP contribution is -2.58. The summed E-state index contributed by atoms with van der Waals surface area (Å²) in [4.78, 5) is 2.63. The molecule has 2 bridgehead atoms. The second-order valence-electron chi connectivity index (χ2n) is 8.16. The quantitative estimate of drug-likeness (QED) is 0.843. The Balaban J connectivity index is 1.58. The summed E-state index contributed by atoms with van der Waals surface area (Å²) in [6, 6.07) is 21.4. The van der Waals surface area contributed by atoms with Crippen LogP contribution in [0.1, 0.15) is 43.2 Å². The number of rotatable bonds is 5. The Morgan fingerprint density at radius 1 is 1.11 bits per heavy atom. The number of fused-ring (bicyclic) bond motifs is 2. The van der Waals surface area contributed by atoms with Crippen molar-refractivity contribution < 1.29 is 5.11 Å². The Morgan fingerprint density at radius 2 is 1.96 bits per heavy atom. The Bertz CT molecular complexity index is 813. The van der Waals surface area contributed by atoms with E-state index in [-0.39, 0.29) is 5.41 Å². The summed E-state index contributed by atoms with van der Waals surface area (Å²) < 4.78 is 0. The molecule has 0 radical (unpaired) electrons. The van der Waals surface area contributed by atoms with Gasteiger partial charge >= 0.3 is 0 Å². The van der Waals surface area contributed by atoms with E-state index < -0.39 is 0 Å². The number of aromatic hydroxyl groups is 1. The molecule has 0 aromatic heterocycles. The third-order valence-electron chi connectivity index (χ3n) is 6.87. The Hall–Kier alpha value is -2.31. The molecule has 2 aromatic rings. The molecule has 0 spiro atoms. The molecule has 1 aliphatic heterocycles. The van der Waals surface area contributed by atoms with Gasteiger partial charge in [-0.3, -0.25) is 4.90 Å². The molecule has 1 N–H and O–H groups in total. The van der Waals surface area contributed by atoms with E-state index in [4.69, 9.17) is 0 Å². The van der Waals surface area contributed by atoms with Crippen LogP contribution in [0.3, 0.4) is 0 Å². The molecule has 27 heavy (non-hydrogen) atoms. The SMILES string of the molecule is N#CC[C@H]1[C@@H]2CCC[C@@]1(c1cccc(O)c1)CCN2CCc1ccccc1. The number of nitrogens with zero attached hydrogens (tertiary/aromatic N) is 2. The van der Waals surface area contributed by atoms with Crippen molar-refractivity contribution in [1.29, 1.82) is 5.26 Å². The number of phenols is 1. The Morgan fingerprint density at radius 3 is 2.74 bits per heavy atom. The molecule has 4 rings (SSSR count). The highest BCUT2D eigenvalue weighted by Gasteiger charge is 2.51. The summed E-state index contributed by atoms with van der Waals surface area (Å²) in [7, 11) is 0. The zero-order valence-corrected chi connectivity index (χ0v) is 15.8. The normalized spacial score (nSPS) is 27.8. The van der Waals surface area contributed by atoms with Crippen molar-refractivity contribution in [3.63, 3.8) is 0 Å². The van der Waals surface area contributed by atoms with Crippen molar-refractivity contribution in [3.05, 3.63) is 65.7 Å². The van der Waals surface area contributed by atoms with E-state index >= 15 is 0 Å². The highest BCUT2D eigenvalue weighted by atomic mass is 16.3.